The SMILES string of the molecule is O=C(CN1CCN(C(=O)C2CC2)CC1)NCC1CCCO1. The first-order valence-electron chi connectivity index (χ1n) is 8.12. The number of rotatable bonds is 5. The Hall–Kier alpha value is -1.14. The molecular formula is C15H25N3O3. The number of piperazine rings is 1. The van der Waals surface area contributed by atoms with Gasteiger partial charge in [-0.05, 0) is 25.7 Å². The molecule has 6 nitrogen and oxygen atoms in total. The predicted octanol–water partition coefficient (Wildman–Crippen LogP) is -0.164. The Labute approximate surface area is 125 Å². The monoisotopic (exact) mass is 295 g/mol. The third-order valence-corrected chi connectivity index (χ3v) is 4.53. The van der Waals surface area contributed by atoms with Crippen molar-refractivity contribution in [3.8, 4) is 0 Å². The Morgan fingerprint density at radius 2 is 1.86 bits per heavy atom. The van der Waals surface area contributed by atoms with E-state index >= 15 is 0 Å². The standard InChI is InChI=1S/C15H25N3O3/c19-14(16-10-13-2-1-9-21-13)11-17-5-7-18(8-6-17)15(20)12-3-4-12/h12-13H,1-11H2,(H,16,19). The van der Waals surface area contributed by atoms with Crippen molar-refractivity contribution in [1.82, 2.24) is 15.1 Å². The van der Waals surface area contributed by atoms with Crippen LogP contribution in [-0.4, -0.2) is 73.6 Å². The van der Waals surface area contributed by atoms with E-state index < -0.39 is 0 Å². The van der Waals surface area contributed by atoms with Gasteiger partial charge in [-0.2, -0.15) is 0 Å². The molecule has 1 unspecified atom stereocenters. The molecular weight excluding hydrogens is 270 g/mol. The van der Waals surface area contributed by atoms with Crippen LogP contribution in [0.2, 0.25) is 0 Å². The summed E-state index contributed by atoms with van der Waals surface area (Å²) in [5, 5.41) is 2.95. The van der Waals surface area contributed by atoms with Gasteiger partial charge in [-0.3, -0.25) is 14.5 Å². The van der Waals surface area contributed by atoms with Crippen molar-refractivity contribution in [3.63, 3.8) is 0 Å². The number of hydrogen-bond donors (Lipinski definition) is 1. The molecule has 21 heavy (non-hydrogen) atoms. The molecule has 0 spiro atoms. The number of hydrogen-bond acceptors (Lipinski definition) is 4. The lowest BCUT2D eigenvalue weighted by atomic mass is 10.2. The van der Waals surface area contributed by atoms with E-state index in [1.165, 1.54) is 0 Å². The van der Waals surface area contributed by atoms with Crippen molar-refractivity contribution < 1.29 is 14.3 Å². The molecule has 2 amide bonds. The van der Waals surface area contributed by atoms with Gasteiger partial charge in [0.15, 0.2) is 0 Å². The van der Waals surface area contributed by atoms with Crippen molar-refractivity contribution >= 4 is 11.8 Å². The maximum absolute atomic E-state index is 12.0. The van der Waals surface area contributed by atoms with Crippen LogP contribution in [0.3, 0.4) is 0 Å². The van der Waals surface area contributed by atoms with E-state index in [2.05, 4.69) is 10.2 Å². The molecule has 1 saturated carbocycles. The second-order valence-electron chi connectivity index (χ2n) is 6.31. The normalized spacial score (nSPS) is 26.9. The lowest BCUT2D eigenvalue weighted by molar-refractivity contribution is -0.134. The number of nitrogens with one attached hydrogen (secondary N) is 1. The molecule has 0 radical (unpaired) electrons. The van der Waals surface area contributed by atoms with Crippen LogP contribution >= 0.6 is 0 Å². The minimum Gasteiger partial charge on any atom is -0.376 e. The van der Waals surface area contributed by atoms with Gasteiger partial charge in [0.05, 0.1) is 12.6 Å². The van der Waals surface area contributed by atoms with Crippen LogP contribution in [0.25, 0.3) is 0 Å². The molecule has 0 aromatic carbocycles. The topological polar surface area (TPSA) is 61.9 Å². The van der Waals surface area contributed by atoms with Gasteiger partial charge < -0.3 is 15.0 Å². The van der Waals surface area contributed by atoms with Gasteiger partial charge >= 0.3 is 0 Å². The van der Waals surface area contributed by atoms with Gasteiger partial charge in [-0.15, -0.1) is 0 Å². The molecule has 3 fully saturated rings. The first-order valence-corrected chi connectivity index (χ1v) is 8.12. The zero-order valence-corrected chi connectivity index (χ0v) is 12.6. The van der Waals surface area contributed by atoms with E-state index in [0.29, 0.717) is 24.9 Å². The maximum atomic E-state index is 12.0. The molecule has 2 heterocycles. The lowest BCUT2D eigenvalue weighted by Crippen LogP contribution is -2.51. The molecule has 3 rings (SSSR count). The molecule has 2 aliphatic heterocycles. The molecule has 6 heteroatoms. The van der Waals surface area contributed by atoms with E-state index in [1.807, 2.05) is 4.90 Å². The number of ether oxygens (including phenoxy) is 1. The third kappa shape index (κ3) is 4.17. The first kappa shape index (κ1) is 14.8. The van der Waals surface area contributed by atoms with Crippen LogP contribution in [-0.2, 0) is 14.3 Å². The Bertz CT molecular complexity index is 384. The summed E-state index contributed by atoms with van der Waals surface area (Å²) >= 11 is 0. The molecule has 3 aliphatic rings. The van der Waals surface area contributed by atoms with Crippen molar-refractivity contribution in [2.45, 2.75) is 31.8 Å². The summed E-state index contributed by atoms with van der Waals surface area (Å²) in [6, 6.07) is 0. The predicted molar refractivity (Wildman–Crippen MR) is 77.7 cm³/mol. The highest BCUT2D eigenvalue weighted by atomic mass is 16.5. The molecule has 0 aromatic rings. The zero-order chi connectivity index (χ0) is 14.7. The largest absolute Gasteiger partial charge is 0.376 e. The van der Waals surface area contributed by atoms with Gasteiger partial charge in [0, 0.05) is 45.2 Å². The fourth-order valence-corrected chi connectivity index (χ4v) is 3.01. The number of carbonyl (C=O) groups is 2. The first-order chi connectivity index (χ1) is 10.2. The smallest absolute Gasteiger partial charge is 0.234 e. The minimum absolute atomic E-state index is 0.0625. The summed E-state index contributed by atoms with van der Waals surface area (Å²) in [6.45, 7) is 4.98. The van der Waals surface area contributed by atoms with Gasteiger partial charge in [0.1, 0.15) is 0 Å². The molecule has 2 saturated heterocycles. The van der Waals surface area contributed by atoms with E-state index in [4.69, 9.17) is 4.74 Å². The molecule has 1 atom stereocenters. The number of nitrogens with zero attached hydrogens (tertiary/aromatic N) is 2. The fourth-order valence-electron chi connectivity index (χ4n) is 3.01. The molecule has 0 aromatic heterocycles. The van der Waals surface area contributed by atoms with Crippen molar-refractivity contribution in [2.24, 2.45) is 5.92 Å². The van der Waals surface area contributed by atoms with Crippen molar-refractivity contribution in [3.05, 3.63) is 0 Å². The highest BCUT2D eigenvalue weighted by molar-refractivity contribution is 5.81. The zero-order valence-electron chi connectivity index (χ0n) is 12.6. The van der Waals surface area contributed by atoms with Gasteiger partial charge in [-0.25, -0.2) is 0 Å². The Balaban J connectivity index is 1.32. The van der Waals surface area contributed by atoms with Crippen LogP contribution < -0.4 is 5.32 Å². The lowest BCUT2D eigenvalue weighted by Gasteiger charge is -2.34. The molecule has 1 aliphatic carbocycles. The molecule has 0 bridgehead atoms. The van der Waals surface area contributed by atoms with Crippen LogP contribution in [0.15, 0.2) is 0 Å². The average Bonchev–Trinajstić information content (AvgIpc) is 3.22. The summed E-state index contributed by atoms with van der Waals surface area (Å²) in [5.74, 6) is 0.677. The van der Waals surface area contributed by atoms with Gasteiger partial charge in [0.25, 0.3) is 0 Å². The summed E-state index contributed by atoms with van der Waals surface area (Å²) in [5.41, 5.74) is 0. The van der Waals surface area contributed by atoms with E-state index in [9.17, 15) is 9.59 Å². The summed E-state index contributed by atoms with van der Waals surface area (Å²) in [6.07, 6.45) is 4.46. The minimum atomic E-state index is 0.0625. The van der Waals surface area contributed by atoms with Crippen molar-refractivity contribution in [2.75, 3.05) is 45.9 Å². The van der Waals surface area contributed by atoms with Gasteiger partial charge in [0.2, 0.25) is 11.8 Å². The maximum Gasteiger partial charge on any atom is 0.234 e. The fraction of sp³-hybridized carbons (Fsp3) is 0.867. The molecule has 1 N–H and O–H groups in total. The van der Waals surface area contributed by atoms with Crippen LogP contribution in [0.4, 0.5) is 0 Å². The van der Waals surface area contributed by atoms with Crippen LogP contribution in [0.5, 0.6) is 0 Å². The van der Waals surface area contributed by atoms with E-state index in [-0.39, 0.29) is 12.0 Å². The highest BCUT2D eigenvalue weighted by Gasteiger charge is 2.34. The third-order valence-electron chi connectivity index (χ3n) is 4.53. The molecule has 118 valence electrons. The summed E-state index contributed by atoms with van der Waals surface area (Å²) < 4.78 is 5.49. The Kier molecular flexibility index (Phi) is 4.75. The second-order valence-corrected chi connectivity index (χ2v) is 6.31. The number of carbonyl (C=O) groups excluding carboxylic acids is 2. The average molecular weight is 295 g/mol. The second kappa shape index (κ2) is 6.75. The highest BCUT2D eigenvalue weighted by Crippen LogP contribution is 2.31. The quantitative estimate of drug-likeness (QED) is 0.765. The van der Waals surface area contributed by atoms with Crippen LogP contribution in [0, 0.1) is 5.92 Å². The van der Waals surface area contributed by atoms with E-state index in [0.717, 1.165) is 58.5 Å². The van der Waals surface area contributed by atoms with Crippen molar-refractivity contribution in [1.29, 1.82) is 0 Å². The Morgan fingerprint density at radius 3 is 2.48 bits per heavy atom. The summed E-state index contributed by atoms with van der Waals surface area (Å²) in [7, 11) is 0. The van der Waals surface area contributed by atoms with E-state index in [1.54, 1.807) is 0 Å². The Morgan fingerprint density at radius 1 is 1.10 bits per heavy atom. The van der Waals surface area contributed by atoms with Crippen LogP contribution in [0.1, 0.15) is 25.7 Å². The number of amides is 2. The summed E-state index contributed by atoms with van der Waals surface area (Å²) in [4.78, 5) is 27.9. The van der Waals surface area contributed by atoms with Gasteiger partial charge in [-0.1, -0.05) is 0 Å².